The first kappa shape index (κ1) is 11.3. The summed E-state index contributed by atoms with van der Waals surface area (Å²) in [5.74, 6) is -0.135. The molecule has 0 fully saturated rings. The zero-order valence-corrected chi connectivity index (χ0v) is 10.4. The second kappa shape index (κ2) is 3.66. The fraction of sp³-hybridized carbons (Fsp3) is 0.273. The van der Waals surface area contributed by atoms with E-state index in [0.717, 1.165) is 0 Å². The van der Waals surface area contributed by atoms with Crippen LogP contribution in [0.2, 0.25) is 0 Å². The molecule has 0 saturated heterocycles. The van der Waals surface area contributed by atoms with Crippen molar-refractivity contribution in [1.29, 1.82) is 0 Å². The maximum absolute atomic E-state index is 13.2. The highest BCUT2D eigenvalue weighted by molar-refractivity contribution is 9.10. The van der Waals surface area contributed by atoms with E-state index in [1.807, 2.05) is 0 Å². The zero-order chi connectivity index (χ0) is 11.9. The van der Waals surface area contributed by atoms with Gasteiger partial charge in [0.15, 0.2) is 0 Å². The monoisotopic (exact) mass is 284 g/mol. The van der Waals surface area contributed by atoms with Crippen LogP contribution < -0.4 is 5.32 Å². The summed E-state index contributed by atoms with van der Waals surface area (Å²) in [5.41, 5.74) is -0.223. The van der Waals surface area contributed by atoms with E-state index in [2.05, 4.69) is 26.2 Å². The van der Waals surface area contributed by atoms with Gasteiger partial charge in [0.2, 0.25) is 0 Å². The number of nitrogens with one attached hydrogen (secondary N) is 1. The SMILES string of the molecule is CC1(C)N=C(c2cc(F)cc(Br)c2)NC1=O. The standard InChI is InChI=1S/C11H10BrFN2O/c1-11(2)10(16)14-9(15-11)6-3-7(12)5-8(13)4-6/h3-5H,1-2H3,(H,14,15,16). The van der Waals surface area contributed by atoms with Gasteiger partial charge in [-0.1, -0.05) is 15.9 Å². The van der Waals surface area contributed by atoms with Gasteiger partial charge in [0, 0.05) is 10.0 Å². The van der Waals surface area contributed by atoms with Crippen molar-refractivity contribution in [1.82, 2.24) is 5.32 Å². The summed E-state index contributed by atoms with van der Waals surface area (Å²) < 4.78 is 13.8. The first-order chi connectivity index (χ1) is 7.38. The number of aliphatic imine (C=N–C) groups is 1. The maximum atomic E-state index is 13.2. The van der Waals surface area contributed by atoms with E-state index < -0.39 is 5.54 Å². The van der Waals surface area contributed by atoms with Crippen LogP contribution in [0.1, 0.15) is 19.4 Å². The Labute approximate surface area is 101 Å². The lowest BCUT2D eigenvalue weighted by Crippen LogP contribution is -2.34. The normalized spacial score (nSPS) is 18.2. The molecule has 1 heterocycles. The van der Waals surface area contributed by atoms with Gasteiger partial charge >= 0.3 is 0 Å². The number of rotatable bonds is 1. The molecule has 0 radical (unpaired) electrons. The molecular formula is C11H10BrFN2O. The fourth-order valence-electron chi connectivity index (χ4n) is 1.45. The van der Waals surface area contributed by atoms with Crippen molar-refractivity contribution in [3.8, 4) is 0 Å². The van der Waals surface area contributed by atoms with Gasteiger partial charge in [-0.3, -0.25) is 9.79 Å². The summed E-state index contributed by atoms with van der Waals surface area (Å²) in [7, 11) is 0. The fourth-order valence-corrected chi connectivity index (χ4v) is 1.91. The Bertz CT molecular complexity index is 477. The summed E-state index contributed by atoms with van der Waals surface area (Å²) >= 11 is 3.20. The number of halogens is 2. The molecule has 3 nitrogen and oxygen atoms in total. The van der Waals surface area contributed by atoms with Crippen LogP contribution in [-0.4, -0.2) is 17.3 Å². The van der Waals surface area contributed by atoms with E-state index in [9.17, 15) is 9.18 Å². The molecule has 1 aromatic rings. The zero-order valence-electron chi connectivity index (χ0n) is 8.84. The number of amidine groups is 1. The molecule has 2 rings (SSSR count). The molecular weight excluding hydrogens is 275 g/mol. The molecule has 5 heteroatoms. The van der Waals surface area contributed by atoms with Gasteiger partial charge in [-0.15, -0.1) is 0 Å². The minimum absolute atomic E-state index is 0.178. The van der Waals surface area contributed by atoms with Crippen LogP contribution in [-0.2, 0) is 4.79 Å². The van der Waals surface area contributed by atoms with Crippen molar-refractivity contribution in [2.75, 3.05) is 0 Å². The third-order valence-electron chi connectivity index (χ3n) is 2.31. The first-order valence-corrected chi connectivity index (χ1v) is 5.55. The molecule has 0 spiro atoms. The molecule has 0 atom stereocenters. The predicted molar refractivity (Wildman–Crippen MR) is 62.9 cm³/mol. The Hall–Kier alpha value is -1.23. The summed E-state index contributed by atoms with van der Waals surface area (Å²) in [6.45, 7) is 3.42. The average Bonchev–Trinajstić information content (AvgIpc) is 2.40. The Morgan fingerprint density at radius 2 is 2.06 bits per heavy atom. The number of hydrogen-bond donors (Lipinski definition) is 1. The number of carbonyl (C=O) groups is 1. The number of carbonyl (C=O) groups excluding carboxylic acids is 1. The van der Waals surface area contributed by atoms with Gasteiger partial charge in [-0.05, 0) is 32.0 Å². The third-order valence-corrected chi connectivity index (χ3v) is 2.77. The third kappa shape index (κ3) is 2.00. The molecule has 84 valence electrons. The quantitative estimate of drug-likeness (QED) is 0.844. The molecule has 0 aliphatic carbocycles. The van der Waals surface area contributed by atoms with Crippen LogP contribution in [0.4, 0.5) is 4.39 Å². The number of nitrogens with zero attached hydrogens (tertiary/aromatic N) is 1. The second-order valence-corrected chi connectivity index (χ2v) is 5.05. The maximum Gasteiger partial charge on any atom is 0.252 e. The van der Waals surface area contributed by atoms with Crippen LogP contribution >= 0.6 is 15.9 Å². The van der Waals surface area contributed by atoms with E-state index in [0.29, 0.717) is 15.9 Å². The van der Waals surface area contributed by atoms with Gasteiger partial charge in [0.1, 0.15) is 17.2 Å². The molecule has 1 amide bonds. The van der Waals surface area contributed by atoms with Crippen LogP contribution in [0.15, 0.2) is 27.7 Å². The first-order valence-electron chi connectivity index (χ1n) is 4.76. The Kier molecular flexibility index (Phi) is 2.58. The van der Waals surface area contributed by atoms with Crippen LogP contribution in [0, 0.1) is 5.82 Å². The van der Waals surface area contributed by atoms with Crippen LogP contribution in [0.25, 0.3) is 0 Å². The minimum Gasteiger partial charge on any atom is -0.308 e. The highest BCUT2D eigenvalue weighted by atomic mass is 79.9. The van der Waals surface area contributed by atoms with E-state index in [-0.39, 0.29) is 11.7 Å². The molecule has 0 aromatic heterocycles. The van der Waals surface area contributed by atoms with E-state index >= 15 is 0 Å². The summed E-state index contributed by atoms with van der Waals surface area (Å²) in [6, 6.07) is 4.40. The lowest BCUT2D eigenvalue weighted by Gasteiger charge is -2.07. The second-order valence-electron chi connectivity index (χ2n) is 4.13. The molecule has 1 aliphatic rings. The van der Waals surface area contributed by atoms with Gasteiger partial charge in [-0.2, -0.15) is 0 Å². The summed E-state index contributed by atoms with van der Waals surface area (Å²) in [5, 5.41) is 2.64. The average molecular weight is 285 g/mol. The van der Waals surface area contributed by atoms with Crippen LogP contribution in [0.5, 0.6) is 0 Å². The smallest absolute Gasteiger partial charge is 0.252 e. The van der Waals surface area contributed by atoms with Gasteiger partial charge in [-0.25, -0.2) is 4.39 Å². The van der Waals surface area contributed by atoms with Gasteiger partial charge < -0.3 is 5.32 Å². The molecule has 1 aliphatic heterocycles. The molecule has 0 saturated carbocycles. The lowest BCUT2D eigenvalue weighted by atomic mass is 10.1. The molecule has 1 aromatic carbocycles. The van der Waals surface area contributed by atoms with E-state index in [4.69, 9.17) is 0 Å². The highest BCUT2D eigenvalue weighted by Crippen LogP contribution is 2.20. The van der Waals surface area contributed by atoms with Crippen molar-refractivity contribution in [2.24, 2.45) is 4.99 Å². The van der Waals surface area contributed by atoms with Crippen molar-refractivity contribution < 1.29 is 9.18 Å². The summed E-state index contributed by atoms with van der Waals surface area (Å²) in [4.78, 5) is 15.7. The molecule has 1 N–H and O–H groups in total. The van der Waals surface area contributed by atoms with E-state index in [1.54, 1.807) is 19.9 Å². The Morgan fingerprint density at radius 3 is 2.56 bits per heavy atom. The minimum atomic E-state index is -0.784. The van der Waals surface area contributed by atoms with Crippen molar-refractivity contribution in [3.05, 3.63) is 34.1 Å². The number of amides is 1. The summed E-state index contributed by atoms with van der Waals surface area (Å²) in [6.07, 6.45) is 0. The van der Waals surface area contributed by atoms with Crippen molar-refractivity contribution in [3.63, 3.8) is 0 Å². The largest absolute Gasteiger partial charge is 0.308 e. The number of benzene rings is 1. The van der Waals surface area contributed by atoms with Crippen LogP contribution in [0.3, 0.4) is 0 Å². The van der Waals surface area contributed by atoms with Gasteiger partial charge in [0.25, 0.3) is 5.91 Å². The van der Waals surface area contributed by atoms with Gasteiger partial charge in [0.05, 0.1) is 0 Å². The van der Waals surface area contributed by atoms with E-state index in [1.165, 1.54) is 12.1 Å². The lowest BCUT2D eigenvalue weighted by molar-refractivity contribution is -0.122. The predicted octanol–water partition coefficient (Wildman–Crippen LogP) is 2.24. The highest BCUT2D eigenvalue weighted by Gasteiger charge is 2.34. The topological polar surface area (TPSA) is 41.5 Å². The molecule has 16 heavy (non-hydrogen) atoms. The molecule has 0 bridgehead atoms. The molecule has 0 unspecified atom stereocenters. The Balaban J connectivity index is 2.44. The van der Waals surface area contributed by atoms with Crippen molar-refractivity contribution >= 4 is 27.7 Å². The number of hydrogen-bond acceptors (Lipinski definition) is 2. The Morgan fingerprint density at radius 1 is 1.38 bits per heavy atom. The van der Waals surface area contributed by atoms with Crippen molar-refractivity contribution in [2.45, 2.75) is 19.4 Å².